The van der Waals surface area contributed by atoms with Crippen LogP contribution in [0.4, 0.5) is 34.1 Å². The number of rotatable bonds is 5. The molecule has 0 unspecified atom stereocenters. The fourth-order valence-corrected chi connectivity index (χ4v) is 18.2. The zero-order chi connectivity index (χ0) is 53.7. The second kappa shape index (κ2) is 16.2. The quantitative estimate of drug-likeness (QED) is 0.159. The Labute approximate surface area is 458 Å². The highest BCUT2D eigenvalue weighted by Gasteiger charge is 2.49. The third kappa shape index (κ3) is 7.84. The molecule has 0 radical (unpaired) electrons. The van der Waals surface area contributed by atoms with Gasteiger partial charge >= 0.3 is 0 Å². The van der Waals surface area contributed by atoms with Gasteiger partial charge in [-0.1, -0.05) is 181 Å². The number of thiophene rings is 1. The predicted molar refractivity (Wildman–Crippen MR) is 338 cm³/mol. The van der Waals surface area contributed by atoms with E-state index in [0.29, 0.717) is 0 Å². The lowest BCUT2D eigenvalue weighted by Gasteiger charge is -2.47. The molecule has 388 valence electrons. The van der Waals surface area contributed by atoms with Crippen molar-refractivity contribution < 1.29 is 0 Å². The molecule has 6 aromatic carbocycles. The minimum Gasteiger partial charge on any atom is -0.311 e. The van der Waals surface area contributed by atoms with Gasteiger partial charge in [0.1, 0.15) is 0 Å². The van der Waals surface area contributed by atoms with Crippen LogP contribution >= 0.6 is 11.3 Å². The highest BCUT2D eigenvalue weighted by molar-refractivity contribution is 7.33. The summed E-state index contributed by atoms with van der Waals surface area (Å²) in [6, 6.07) is 41.0. The normalized spacial score (nSPS) is 20.2. The number of fused-ring (bicyclic) bond motifs is 9. The summed E-state index contributed by atoms with van der Waals surface area (Å²) in [7, 11) is -3.26. The first-order valence-corrected chi connectivity index (χ1v) is 36.6. The highest BCUT2D eigenvalue weighted by atomic mass is 32.1. The molecule has 0 saturated carbocycles. The molecule has 5 aliphatic rings. The molecule has 6 heteroatoms. The van der Waals surface area contributed by atoms with Crippen molar-refractivity contribution >= 4 is 104 Å². The lowest BCUT2D eigenvalue weighted by Crippen LogP contribution is -2.61. The molecule has 0 spiro atoms. The van der Waals surface area contributed by atoms with Crippen LogP contribution in [0.15, 0.2) is 97.1 Å². The SMILES string of the molecule is Cc1cc2c3c(c1)N(c1ccc([Si](C)(C)C)cc1-c1ccc([Si](C)(C)C)cc1)c1c(sc4cc5c(cc14)C(C)(C)CCC5(C)C)B3c1cc3c(cc1N2c1ccc2c(c1)C(C)(C)CCC2(C)C)C(C)(C)CCC3(C)C. The first-order chi connectivity index (χ1) is 34.8. The van der Waals surface area contributed by atoms with Crippen molar-refractivity contribution in [2.45, 2.75) is 200 Å². The van der Waals surface area contributed by atoms with E-state index < -0.39 is 16.1 Å². The Bertz CT molecular complexity index is 3550. The second-order valence-electron chi connectivity index (χ2n) is 30.3. The highest BCUT2D eigenvalue weighted by Crippen LogP contribution is 2.56. The van der Waals surface area contributed by atoms with E-state index in [2.05, 4.69) is 247 Å². The van der Waals surface area contributed by atoms with E-state index in [-0.39, 0.29) is 39.2 Å². The lowest BCUT2D eigenvalue weighted by atomic mass is 9.35. The van der Waals surface area contributed by atoms with Gasteiger partial charge in [-0.25, -0.2) is 0 Å². The Balaban J connectivity index is 1.23. The van der Waals surface area contributed by atoms with E-state index in [0.717, 1.165) is 0 Å². The zero-order valence-corrected chi connectivity index (χ0v) is 52.2. The monoisotopic (exact) mass is 1040 g/mol. The topological polar surface area (TPSA) is 6.48 Å². The van der Waals surface area contributed by atoms with E-state index in [1.165, 1.54) is 153 Å². The molecule has 0 saturated heterocycles. The van der Waals surface area contributed by atoms with Crippen molar-refractivity contribution in [2.75, 3.05) is 9.80 Å². The maximum absolute atomic E-state index is 2.80. The molecule has 75 heavy (non-hydrogen) atoms. The molecule has 7 aromatic rings. The number of hydrogen-bond acceptors (Lipinski definition) is 3. The minimum absolute atomic E-state index is 0.0560. The van der Waals surface area contributed by atoms with Crippen LogP contribution in [0.5, 0.6) is 0 Å². The Morgan fingerprint density at radius 1 is 0.440 bits per heavy atom. The average molecular weight is 1040 g/mol. The van der Waals surface area contributed by atoms with Gasteiger partial charge in [-0.05, 0) is 182 Å². The van der Waals surface area contributed by atoms with Gasteiger partial charge in [0.05, 0.1) is 27.5 Å². The Morgan fingerprint density at radius 3 is 1.48 bits per heavy atom. The van der Waals surface area contributed by atoms with Crippen molar-refractivity contribution in [3.8, 4) is 11.1 Å². The summed E-state index contributed by atoms with van der Waals surface area (Å²) < 4.78 is 2.90. The van der Waals surface area contributed by atoms with E-state index in [4.69, 9.17) is 0 Å². The molecular formula is C69H85BN2SSi2. The van der Waals surface area contributed by atoms with Gasteiger partial charge in [-0.3, -0.25) is 0 Å². The van der Waals surface area contributed by atoms with Gasteiger partial charge < -0.3 is 9.80 Å². The van der Waals surface area contributed by atoms with Gasteiger partial charge in [0.2, 0.25) is 0 Å². The van der Waals surface area contributed by atoms with Gasteiger partial charge in [-0.15, -0.1) is 11.3 Å². The molecule has 0 N–H and O–H groups in total. The number of aryl methyl sites for hydroxylation is 1. The third-order valence-electron chi connectivity index (χ3n) is 20.0. The molecule has 1 aromatic heterocycles. The first-order valence-electron chi connectivity index (χ1n) is 28.7. The van der Waals surface area contributed by atoms with E-state index in [1.807, 2.05) is 0 Å². The van der Waals surface area contributed by atoms with E-state index in [9.17, 15) is 0 Å². The van der Waals surface area contributed by atoms with Crippen LogP contribution in [0, 0.1) is 6.92 Å². The summed E-state index contributed by atoms with van der Waals surface area (Å²) in [5, 5.41) is 4.41. The smallest absolute Gasteiger partial charge is 0.264 e. The van der Waals surface area contributed by atoms with Crippen LogP contribution < -0.4 is 35.9 Å². The van der Waals surface area contributed by atoms with Crippen molar-refractivity contribution in [1.82, 2.24) is 0 Å². The van der Waals surface area contributed by atoms with Crippen LogP contribution in [-0.4, -0.2) is 22.9 Å². The van der Waals surface area contributed by atoms with E-state index >= 15 is 0 Å². The summed E-state index contributed by atoms with van der Waals surface area (Å²) in [5.74, 6) is 0. The van der Waals surface area contributed by atoms with E-state index in [1.54, 1.807) is 5.56 Å². The summed E-state index contributed by atoms with van der Waals surface area (Å²) in [6.07, 6.45) is 7.16. The number of anilines is 6. The Kier molecular flexibility index (Phi) is 11.1. The largest absolute Gasteiger partial charge is 0.311 e. The molecule has 2 aliphatic heterocycles. The fourth-order valence-electron chi connectivity index (χ4n) is 14.6. The van der Waals surface area contributed by atoms with Gasteiger partial charge in [-0.2, -0.15) is 0 Å². The maximum atomic E-state index is 2.80. The third-order valence-corrected chi connectivity index (χ3v) is 25.3. The molecule has 0 bridgehead atoms. The number of hydrogen-bond donors (Lipinski definition) is 0. The summed E-state index contributed by atoms with van der Waals surface area (Å²) in [6.45, 7) is 47.4. The van der Waals surface area contributed by atoms with Crippen molar-refractivity contribution in [1.29, 1.82) is 0 Å². The van der Waals surface area contributed by atoms with Crippen LogP contribution in [0.3, 0.4) is 0 Å². The molecule has 2 nitrogen and oxygen atoms in total. The second-order valence-corrected chi connectivity index (χ2v) is 41.6. The summed E-state index contributed by atoms with van der Waals surface area (Å²) in [5.41, 5.74) is 24.5. The minimum atomic E-state index is -1.72. The van der Waals surface area contributed by atoms with Gasteiger partial charge in [0.15, 0.2) is 0 Å². The Hall–Kier alpha value is -4.62. The first kappa shape index (κ1) is 51.2. The fraction of sp³-hybridized carbons (Fsp3) is 0.449. The van der Waals surface area contributed by atoms with Crippen molar-refractivity contribution in [3.05, 3.63) is 136 Å². The van der Waals surface area contributed by atoms with Crippen LogP contribution in [0.2, 0.25) is 39.3 Å². The van der Waals surface area contributed by atoms with Crippen LogP contribution in [0.1, 0.15) is 161 Å². The van der Waals surface area contributed by atoms with Gasteiger partial charge in [0.25, 0.3) is 6.71 Å². The summed E-state index contributed by atoms with van der Waals surface area (Å²) >= 11 is 2.10. The lowest BCUT2D eigenvalue weighted by molar-refractivity contribution is 0.332. The molecule has 0 fully saturated rings. The van der Waals surface area contributed by atoms with Crippen molar-refractivity contribution in [3.63, 3.8) is 0 Å². The predicted octanol–water partition coefficient (Wildman–Crippen LogP) is 17.1. The molecule has 0 amide bonds. The summed E-state index contributed by atoms with van der Waals surface area (Å²) in [4.78, 5) is 5.55. The van der Waals surface area contributed by atoms with Gasteiger partial charge in [0, 0.05) is 43.2 Å². The molecule has 3 heterocycles. The standard InChI is InChI=1S/C69H85BN2SSi2/c1-42-34-58-61-59(35-42)72(56-27-25-46(75(17,18)19)37-47(56)43-20-23-45(24-21-43)74(14,15)16)62-48-38-51-54(69(12,13)33-30-66(51,6)7)41-60(48)73-63(62)70(61)55-39-52-53(68(10,11)32-31-67(52,8)9)40-57(55)71(58)44-22-26-49-50(36-44)65(4,5)29-28-64(49,2)3/h20-27,34-41H,28-33H2,1-19H3. The molecule has 0 atom stereocenters. The number of nitrogens with zero attached hydrogens (tertiary/aromatic N) is 2. The average Bonchev–Trinajstić information content (AvgIpc) is 3.77. The molecular weight excluding hydrogens is 956 g/mol. The van der Waals surface area contributed by atoms with Crippen LogP contribution in [-0.2, 0) is 32.5 Å². The maximum Gasteiger partial charge on any atom is 0.264 e. The number of benzene rings is 6. The molecule has 12 rings (SSSR count). The Morgan fingerprint density at radius 2 is 0.920 bits per heavy atom. The molecule has 3 aliphatic carbocycles. The zero-order valence-electron chi connectivity index (χ0n) is 49.4. The van der Waals surface area contributed by atoms with Crippen LogP contribution in [0.25, 0.3) is 21.2 Å². The van der Waals surface area contributed by atoms with Crippen molar-refractivity contribution in [2.24, 2.45) is 0 Å².